The molecule has 158 valence electrons. The Morgan fingerprint density at radius 2 is 1.93 bits per heavy atom. The number of rotatable bonds is 5. The van der Waals surface area contributed by atoms with Crippen LogP contribution in [0.4, 0.5) is 0 Å². The normalized spacial score (nSPS) is 50.8. The largest absolute Gasteiger partial charge is 0.295 e. The van der Waals surface area contributed by atoms with Crippen molar-refractivity contribution in [3.8, 4) is 0 Å². The molecule has 0 saturated heterocycles. The number of ketones is 1. The molecule has 4 aliphatic rings. The maximum absolute atomic E-state index is 12.8. The molecule has 1 nitrogen and oxygen atoms in total. The Morgan fingerprint density at radius 3 is 2.71 bits per heavy atom. The van der Waals surface area contributed by atoms with E-state index in [1.54, 1.807) is 0 Å². The van der Waals surface area contributed by atoms with E-state index < -0.39 is 31.1 Å². The summed E-state index contributed by atoms with van der Waals surface area (Å²) in [6.07, 6.45) is 12.4. The van der Waals surface area contributed by atoms with Crippen LogP contribution in [0.5, 0.6) is 0 Å². The average Bonchev–Trinajstić information content (AvgIpc) is 3.09. The summed E-state index contributed by atoms with van der Waals surface area (Å²) in [5, 5.41) is 0. The zero-order valence-corrected chi connectivity index (χ0v) is 18.2. The van der Waals surface area contributed by atoms with Crippen molar-refractivity contribution in [2.24, 2.45) is 46.3 Å². The summed E-state index contributed by atoms with van der Waals surface area (Å²) in [6.45, 7) is 3.42. The minimum absolute atomic E-state index is 0.150. The number of fused-ring (bicyclic) bond motifs is 5. The van der Waals surface area contributed by atoms with Gasteiger partial charge in [0.05, 0.1) is 2.74 Å². The molecule has 0 aliphatic heterocycles. The third kappa shape index (κ3) is 3.24. The van der Waals surface area contributed by atoms with Crippen molar-refractivity contribution in [2.75, 3.05) is 0 Å². The van der Waals surface area contributed by atoms with Gasteiger partial charge in [-0.3, -0.25) is 4.79 Å². The molecule has 0 N–H and O–H groups in total. The number of hydrogen-bond acceptors (Lipinski definition) is 1. The number of carbonyl (C=O) groups excluding carboxylic acids is 1. The van der Waals surface area contributed by atoms with Crippen LogP contribution in [-0.4, -0.2) is 5.78 Å². The molecule has 0 aromatic carbocycles. The van der Waals surface area contributed by atoms with Crippen molar-refractivity contribution in [1.82, 2.24) is 0 Å². The van der Waals surface area contributed by atoms with Gasteiger partial charge in [-0.15, -0.1) is 0 Å². The van der Waals surface area contributed by atoms with Crippen molar-refractivity contribution < 1.29 is 13.0 Å². The molecule has 28 heavy (non-hydrogen) atoms. The number of Topliss-reactive ketones (excluding diaryl/α,β-unsaturated/α-hetero) is 1. The minimum atomic E-state index is -2.81. The van der Waals surface area contributed by atoms with E-state index in [0.717, 1.165) is 30.1 Å². The molecule has 0 aromatic heterocycles. The standard InChI is InChI=1S/C27H44O/c1-18(2)25(28)14-9-19(3)22-12-13-23-21-11-10-20-8-6-7-16-26(20,4)24(21)15-17-27(22,23)5/h19-24H,1,6-17H2,2-5H3/t19-,20?,21+,22-,23+,24+,26+,27-/m1/s1/i1D2,2D3,14D/t14?,19-,20?,21+,22-,23+,24+,26+,27-. The third-order valence-corrected chi connectivity index (χ3v) is 10.3. The lowest BCUT2D eigenvalue weighted by molar-refractivity contribution is -0.118. The summed E-state index contributed by atoms with van der Waals surface area (Å²) >= 11 is 0. The molecule has 1 heteroatoms. The molecule has 0 aromatic rings. The lowest BCUT2D eigenvalue weighted by atomic mass is 9.44. The first-order valence-electron chi connectivity index (χ1n) is 15.0. The molecule has 4 saturated carbocycles. The van der Waals surface area contributed by atoms with Gasteiger partial charge in [-0.1, -0.05) is 40.1 Å². The SMILES string of the molecule is [2H]C([2H])=C(C(=O)C([2H])C[C@@H](C)[C@H]1CC[C@H]2[C@@H]3CCC4CCCC[C@]4(C)[C@H]3CC[C@]12C)C([2H])([2H])[2H]. The summed E-state index contributed by atoms with van der Waals surface area (Å²) in [7, 11) is 0. The Morgan fingerprint density at radius 1 is 1.11 bits per heavy atom. The quantitative estimate of drug-likeness (QED) is 0.442. The monoisotopic (exact) mass is 390 g/mol. The zero-order chi connectivity index (χ0) is 25.1. The Bertz CT molecular complexity index is 816. The van der Waals surface area contributed by atoms with Crippen LogP contribution in [0.3, 0.4) is 0 Å². The first-order valence-corrected chi connectivity index (χ1v) is 11.9. The van der Waals surface area contributed by atoms with Crippen LogP contribution in [0, 0.1) is 46.3 Å². The first kappa shape index (κ1) is 14.4. The fourth-order valence-corrected chi connectivity index (χ4v) is 8.83. The van der Waals surface area contributed by atoms with Crippen LogP contribution in [0.25, 0.3) is 0 Å². The summed E-state index contributed by atoms with van der Waals surface area (Å²) in [5.74, 6) is 3.03. The van der Waals surface area contributed by atoms with Gasteiger partial charge in [-0.2, -0.15) is 0 Å². The van der Waals surface area contributed by atoms with Crippen molar-refractivity contribution in [3.05, 3.63) is 12.1 Å². The van der Waals surface area contributed by atoms with Gasteiger partial charge in [0.1, 0.15) is 0 Å². The fourth-order valence-electron chi connectivity index (χ4n) is 8.83. The van der Waals surface area contributed by atoms with Crippen LogP contribution in [0.1, 0.15) is 113 Å². The van der Waals surface area contributed by atoms with E-state index >= 15 is 0 Å². The van der Waals surface area contributed by atoms with Crippen LogP contribution >= 0.6 is 0 Å². The predicted octanol–water partition coefficient (Wildman–Crippen LogP) is 7.60. The van der Waals surface area contributed by atoms with Gasteiger partial charge in [0.2, 0.25) is 0 Å². The summed E-state index contributed by atoms with van der Waals surface area (Å²) in [4.78, 5) is 12.8. The maximum atomic E-state index is 12.8. The van der Waals surface area contributed by atoms with Crippen molar-refractivity contribution in [2.45, 2.75) is 105 Å². The van der Waals surface area contributed by atoms with Gasteiger partial charge in [-0.05, 0) is 117 Å². The highest BCUT2D eigenvalue weighted by Gasteiger charge is 2.60. The van der Waals surface area contributed by atoms with Crippen molar-refractivity contribution >= 4 is 5.78 Å². The minimum Gasteiger partial charge on any atom is -0.295 e. The fraction of sp³-hybridized carbons (Fsp3) is 0.889. The average molecular weight is 391 g/mol. The predicted molar refractivity (Wildman–Crippen MR) is 118 cm³/mol. The molecule has 2 unspecified atom stereocenters. The molecule has 4 aliphatic carbocycles. The Kier molecular flexibility index (Phi) is 3.91. The third-order valence-electron chi connectivity index (χ3n) is 10.3. The van der Waals surface area contributed by atoms with E-state index in [-0.39, 0.29) is 11.3 Å². The number of hydrogen-bond donors (Lipinski definition) is 0. The highest BCUT2D eigenvalue weighted by atomic mass is 16.1. The van der Waals surface area contributed by atoms with Crippen molar-refractivity contribution in [1.29, 1.82) is 0 Å². The topological polar surface area (TPSA) is 17.1 Å². The number of carbonyl (C=O) groups is 1. The zero-order valence-electron chi connectivity index (χ0n) is 24.2. The smallest absolute Gasteiger partial charge is 0.157 e. The molecular weight excluding hydrogens is 340 g/mol. The van der Waals surface area contributed by atoms with E-state index in [1.165, 1.54) is 57.8 Å². The molecule has 0 spiro atoms. The highest BCUT2D eigenvalue weighted by Crippen LogP contribution is 2.68. The van der Waals surface area contributed by atoms with Crippen LogP contribution in [0.15, 0.2) is 12.1 Å². The van der Waals surface area contributed by atoms with E-state index in [1.807, 2.05) is 0 Å². The Hall–Kier alpha value is -0.590. The Balaban J connectivity index is 1.47. The molecule has 9 atom stereocenters. The van der Waals surface area contributed by atoms with Crippen LogP contribution in [-0.2, 0) is 4.79 Å². The summed E-state index contributed by atoms with van der Waals surface area (Å²) in [5.41, 5.74) is -0.0271. The van der Waals surface area contributed by atoms with Gasteiger partial charge in [0.15, 0.2) is 5.78 Å². The molecule has 0 radical (unpaired) electrons. The van der Waals surface area contributed by atoms with E-state index in [9.17, 15) is 4.79 Å². The second-order valence-corrected chi connectivity index (χ2v) is 11.3. The Labute approximate surface area is 182 Å². The maximum Gasteiger partial charge on any atom is 0.157 e. The van der Waals surface area contributed by atoms with Crippen LogP contribution < -0.4 is 0 Å². The molecule has 4 fully saturated rings. The number of allylic oxidation sites excluding steroid dienone is 1. The first-order chi connectivity index (χ1) is 15.8. The molecule has 4 rings (SSSR count). The molecule has 0 heterocycles. The van der Waals surface area contributed by atoms with E-state index in [4.69, 9.17) is 8.22 Å². The van der Waals surface area contributed by atoms with E-state index in [0.29, 0.717) is 17.8 Å². The highest BCUT2D eigenvalue weighted by molar-refractivity contribution is 5.94. The molecule has 0 amide bonds. The van der Waals surface area contributed by atoms with Gasteiger partial charge in [-0.25, -0.2) is 0 Å². The van der Waals surface area contributed by atoms with Gasteiger partial charge in [0, 0.05) is 11.9 Å². The molecule has 0 bridgehead atoms. The van der Waals surface area contributed by atoms with Gasteiger partial charge in [0.25, 0.3) is 0 Å². The lowest BCUT2D eigenvalue weighted by Gasteiger charge is -2.61. The second-order valence-electron chi connectivity index (χ2n) is 11.3. The second kappa shape index (κ2) is 7.59. The van der Waals surface area contributed by atoms with Crippen molar-refractivity contribution in [3.63, 3.8) is 0 Å². The van der Waals surface area contributed by atoms with Gasteiger partial charge >= 0.3 is 0 Å². The van der Waals surface area contributed by atoms with Gasteiger partial charge < -0.3 is 0 Å². The van der Waals surface area contributed by atoms with E-state index in [2.05, 4.69) is 20.8 Å². The van der Waals surface area contributed by atoms with Crippen LogP contribution in [0.2, 0.25) is 0 Å². The summed E-state index contributed by atoms with van der Waals surface area (Å²) in [6, 6.07) is 0. The lowest BCUT2D eigenvalue weighted by Crippen LogP contribution is -2.53. The summed E-state index contributed by atoms with van der Waals surface area (Å²) < 4.78 is 46.0. The molecular formula is C27H44O.